The number of nitrogens with zero attached hydrogens (tertiary/aromatic N) is 2. The molecule has 7 nitrogen and oxygen atoms in total. The Morgan fingerprint density at radius 1 is 1.24 bits per heavy atom. The number of nitrogens with two attached hydrogens (primary N) is 1. The van der Waals surface area contributed by atoms with E-state index in [-0.39, 0.29) is 17.8 Å². The third-order valence-electron chi connectivity index (χ3n) is 3.72. The summed E-state index contributed by atoms with van der Waals surface area (Å²) in [5, 5.41) is 7.59. The second-order valence-electron chi connectivity index (χ2n) is 5.21. The Morgan fingerprint density at radius 3 is 2.67 bits per heavy atom. The monoisotopic (exact) mass is 287 g/mol. The highest BCUT2D eigenvalue weighted by Crippen LogP contribution is 2.18. The summed E-state index contributed by atoms with van der Waals surface area (Å²) in [6, 6.07) is 7.00. The number of primary amides is 1. The number of nitrogens with one attached hydrogen (secondary N) is 2. The number of rotatable bonds is 3. The minimum absolute atomic E-state index is 0.145. The van der Waals surface area contributed by atoms with Gasteiger partial charge < -0.3 is 11.1 Å². The van der Waals surface area contributed by atoms with Gasteiger partial charge in [0.1, 0.15) is 0 Å². The van der Waals surface area contributed by atoms with E-state index in [2.05, 4.69) is 15.8 Å². The molecule has 0 bridgehead atoms. The first-order valence-corrected chi connectivity index (χ1v) is 7.00. The van der Waals surface area contributed by atoms with Crippen LogP contribution in [0.3, 0.4) is 0 Å². The molecule has 0 radical (unpaired) electrons. The number of amides is 3. The summed E-state index contributed by atoms with van der Waals surface area (Å²) in [6.07, 6.45) is 4.28. The summed E-state index contributed by atoms with van der Waals surface area (Å²) in [4.78, 5) is 24.7. The van der Waals surface area contributed by atoms with Crippen LogP contribution in [0.2, 0.25) is 0 Å². The molecule has 0 saturated heterocycles. The Balaban J connectivity index is 1.83. The lowest BCUT2D eigenvalue weighted by Crippen LogP contribution is -2.40. The van der Waals surface area contributed by atoms with Gasteiger partial charge in [0.15, 0.2) is 5.69 Å². The van der Waals surface area contributed by atoms with E-state index in [0.29, 0.717) is 10.9 Å². The van der Waals surface area contributed by atoms with Crippen molar-refractivity contribution < 1.29 is 9.59 Å². The van der Waals surface area contributed by atoms with Gasteiger partial charge in [-0.15, -0.1) is 5.10 Å². The molecule has 4 N–H and O–H groups in total. The number of benzene rings is 1. The van der Waals surface area contributed by atoms with Crippen molar-refractivity contribution in [1.29, 1.82) is 0 Å². The van der Waals surface area contributed by atoms with E-state index in [0.717, 1.165) is 25.7 Å². The van der Waals surface area contributed by atoms with Crippen LogP contribution in [0.25, 0.3) is 10.9 Å². The number of carbonyl (C=O) groups is 2. The molecular weight excluding hydrogens is 270 g/mol. The highest BCUT2D eigenvalue weighted by molar-refractivity contribution is 6.04. The van der Waals surface area contributed by atoms with Crippen LogP contribution in [0, 0.1) is 0 Å². The molecule has 3 amide bonds. The maximum absolute atomic E-state index is 12.0. The van der Waals surface area contributed by atoms with Crippen molar-refractivity contribution in [2.75, 3.05) is 5.43 Å². The van der Waals surface area contributed by atoms with Crippen LogP contribution >= 0.6 is 0 Å². The quantitative estimate of drug-likeness (QED) is 0.793. The van der Waals surface area contributed by atoms with E-state index in [1.54, 1.807) is 18.2 Å². The number of aromatic nitrogens is 2. The van der Waals surface area contributed by atoms with Gasteiger partial charge in [0.25, 0.3) is 5.91 Å². The highest BCUT2D eigenvalue weighted by atomic mass is 16.2. The number of fused-ring (bicyclic) bond motifs is 1. The van der Waals surface area contributed by atoms with Crippen LogP contribution in [-0.4, -0.2) is 27.9 Å². The number of urea groups is 1. The zero-order valence-electron chi connectivity index (χ0n) is 11.5. The molecule has 1 aromatic carbocycles. The summed E-state index contributed by atoms with van der Waals surface area (Å²) in [7, 11) is 0. The largest absolute Gasteiger partial charge is 0.364 e. The van der Waals surface area contributed by atoms with Crippen molar-refractivity contribution in [3.8, 4) is 0 Å². The topological polar surface area (TPSA) is 102 Å². The summed E-state index contributed by atoms with van der Waals surface area (Å²) in [6.45, 7) is 0. The third-order valence-corrected chi connectivity index (χ3v) is 3.72. The molecule has 1 fully saturated rings. The van der Waals surface area contributed by atoms with Gasteiger partial charge in [-0.05, 0) is 18.9 Å². The minimum atomic E-state index is -0.622. The Kier molecular flexibility index (Phi) is 3.47. The fourth-order valence-corrected chi connectivity index (χ4v) is 2.72. The van der Waals surface area contributed by atoms with Gasteiger partial charge in [0.05, 0.1) is 5.52 Å². The van der Waals surface area contributed by atoms with Crippen molar-refractivity contribution in [3.63, 3.8) is 0 Å². The fraction of sp³-hybridized carbons (Fsp3) is 0.357. The Hall–Kier alpha value is -2.57. The summed E-state index contributed by atoms with van der Waals surface area (Å²) >= 11 is 0. The molecule has 0 unspecified atom stereocenters. The number of para-hydroxylation sites is 1. The van der Waals surface area contributed by atoms with Crippen LogP contribution in [0.4, 0.5) is 4.79 Å². The first-order chi connectivity index (χ1) is 10.1. The average Bonchev–Trinajstić information content (AvgIpc) is 3.07. The molecule has 0 aliphatic heterocycles. The van der Waals surface area contributed by atoms with Gasteiger partial charge in [-0.25, -0.2) is 10.2 Å². The Morgan fingerprint density at radius 2 is 1.95 bits per heavy atom. The molecule has 1 aliphatic rings. The van der Waals surface area contributed by atoms with Gasteiger partial charge in [0.2, 0.25) is 0 Å². The minimum Gasteiger partial charge on any atom is -0.364 e. The second-order valence-corrected chi connectivity index (χ2v) is 5.21. The van der Waals surface area contributed by atoms with Crippen LogP contribution in [0.1, 0.15) is 36.2 Å². The Bertz CT molecular complexity index is 688. The van der Waals surface area contributed by atoms with E-state index in [4.69, 9.17) is 5.73 Å². The molecule has 7 heteroatoms. The SMILES string of the molecule is NC(=O)c1nn(NC(=O)NC2CCCC2)c2ccccc12. The lowest BCUT2D eigenvalue weighted by Gasteiger charge is -2.13. The molecule has 1 heterocycles. The molecular formula is C14H17N5O2. The number of carbonyl (C=O) groups excluding carboxylic acids is 2. The van der Waals surface area contributed by atoms with Crippen LogP contribution in [0.5, 0.6) is 0 Å². The van der Waals surface area contributed by atoms with E-state index >= 15 is 0 Å². The summed E-state index contributed by atoms with van der Waals surface area (Å²) < 4.78 is 0. The molecule has 1 aliphatic carbocycles. The highest BCUT2D eigenvalue weighted by Gasteiger charge is 2.19. The first kappa shape index (κ1) is 13.4. The van der Waals surface area contributed by atoms with Crippen molar-refractivity contribution in [1.82, 2.24) is 15.2 Å². The van der Waals surface area contributed by atoms with E-state index in [9.17, 15) is 9.59 Å². The van der Waals surface area contributed by atoms with Crippen LogP contribution in [0.15, 0.2) is 24.3 Å². The molecule has 21 heavy (non-hydrogen) atoms. The zero-order chi connectivity index (χ0) is 14.8. The van der Waals surface area contributed by atoms with Gasteiger partial charge in [-0.1, -0.05) is 31.0 Å². The molecule has 0 atom stereocenters. The molecule has 3 rings (SSSR count). The number of hydrogen-bond acceptors (Lipinski definition) is 3. The molecule has 1 aromatic heterocycles. The first-order valence-electron chi connectivity index (χ1n) is 7.00. The number of hydrogen-bond donors (Lipinski definition) is 3. The molecule has 110 valence electrons. The van der Waals surface area contributed by atoms with Gasteiger partial charge >= 0.3 is 6.03 Å². The van der Waals surface area contributed by atoms with Gasteiger partial charge in [-0.3, -0.25) is 4.79 Å². The smallest absolute Gasteiger partial charge is 0.335 e. The lowest BCUT2D eigenvalue weighted by atomic mass is 10.2. The average molecular weight is 287 g/mol. The normalized spacial score (nSPS) is 15.2. The molecule has 0 spiro atoms. The standard InChI is InChI=1S/C14H17N5O2/c15-13(20)12-10-7-3-4-8-11(10)19(17-12)18-14(21)16-9-5-1-2-6-9/h3-4,7-9H,1-2,5-6H2,(H2,15,20)(H2,16,18,21). The van der Waals surface area contributed by atoms with Crippen LogP contribution < -0.4 is 16.5 Å². The molecule has 2 aromatic rings. The predicted molar refractivity (Wildman–Crippen MR) is 78.4 cm³/mol. The third kappa shape index (κ3) is 2.67. The lowest BCUT2D eigenvalue weighted by molar-refractivity contribution is 0.0996. The van der Waals surface area contributed by atoms with Crippen molar-refractivity contribution in [3.05, 3.63) is 30.0 Å². The van der Waals surface area contributed by atoms with Crippen molar-refractivity contribution >= 4 is 22.8 Å². The zero-order valence-corrected chi connectivity index (χ0v) is 11.5. The van der Waals surface area contributed by atoms with Crippen molar-refractivity contribution in [2.24, 2.45) is 5.73 Å². The maximum atomic E-state index is 12.0. The fourth-order valence-electron chi connectivity index (χ4n) is 2.72. The summed E-state index contributed by atoms with van der Waals surface area (Å²) in [5.41, 5.74) is 8.73. The summed E-state index contributed by atoms with van der Waals surface area (Å²) in [5.74, 6) is -0.622. The van der Waals surface area contributed by atoms with E-state index in [1.165, 1.54) is 4.79 Å². The van der Waals surface area contributed by atoms with E-state index in [1.807, 2.05) is 6.07 Å². The molecule has 1 saturated carbocycles. The van der Waals surface area contributed by atoms with E-state index < -0.39 is 5.91 Å². The van der Waals surface area contributed by atoms with Crippen molar-refractivity contribution in [2.45, 2.75) is 31.7 Å². The Labute approximate surface area is 121 Å². The second kappa shape index (κ2) is 5.43. The van der Waals surface area contributed by atoms with Gasteiger partial charge in [0, 0.05) is 11.4 Å². The van der Waals surface area contributed by atoms with Gasteiger partial charge in [-0.2, -0.15) is 4.79 Å². The predicted octanol–water partition coefficient (Wildman–Crippen LogP) is 1.33. The van der Waals surface area contributed by atoms with Crippen LogP contribution in [-0.2, 0) is 0 Å². The maximum Gasteiger partial charge on any atom is 0.335 e.